The van der Waals surface area contributed by atoms with Crippen molar-refractivity contribution in [2.75, 3.05) is 24.5 Å². The average Bonchev–Trinajstić information content (AvgIpc) is 3.35. The van der Waals surface area contributed by atoms with Crippen LogP contribution < -0.4 is 10.2 Å². The Morgan fingerprint density at radius 1 is 1.13 bits per heavy atom. The lowest BCUT2D eigenvalue weighted by atomic mass is 9.89. The second kappa shape index (κ2) is 13.5. The molecule has 6 N–H and O–H groups in total. The molecule has 1 amide bonds. The van der Waals surface area contributed by atoms with Gasteiger partial charge in [-0.15, -0.1) is 6.42 Å². The SMILES string of the molecule is C#C[C@H]1CC[C@@H](C#N)N1C(=O)CNC1(C)CCN(c2cc(C(=O)O)ccn2)CC1.O=C(O)[C@@H](O)[C@H](O)C(=O)O. The number of nitrogens with zero attached hydrogens (tertiary/aromatic N) is 4. The van der Waals surface area contributed by atoms with E-state index in [4.69, 9.17) is 32.0 Å². The number of rotatable bonds is 8. The second-order valence-electron chi connectivity index (χ2n) is 9.38. The zero-order chi connectivity index (χ0) is 29.3. The van der Waals surface area contributed by atoms with Crippen molar-refractivity contribution in [2.45, 2.75) is 62.4 Å². The van der Waals surface area contributed by atoms with Gasteiger partial charge >= 0.3 is 17.9 Å². The van der Waals surface area contributed by atoms with Crippen molar-refractivity contribution < 1.29 is 44.7 Å². The van der Waals surface area contributed by atoms with E-state index in [0.717, 1.165) is 12.8 Å². The molecule has 4 atom stereocenters. The lowest BCUT2D eigenvalue weighted by molar-refractivity contribution is -0.165. The molecule has 2 aliphatic rings. The molecule has 39 heavy (non-hydrogen) atoms. The van der Waals surface area contributed by atoms with E-state index < -0.39 is 36.2 Å². The molecule has 2 aliphatic heterocycles. The molecule has 14 heteroatoms. The number of anilines is 1. The molecule has 3 heterocycles. The zero-order valence-electron chi connectivity index (χ0n) is 21.2. The van der Waals surface area contributed by atoms with Gasteiger partial charge in [0.1, 0.15) is 11.9 Å². The molecule has 0 unspecified atom stereocenters. The number of piperidine rings is 1. The Bertz CT molecular complexity index is 1110. The van der Waals surface area contributed by atoms with E-state index in [2.05, 4.69) is 34.1 Å². The van der Waals surface area contributed by atoms with E-state index >= 15 is 0 Å². The number of carboxylic acid groups (broad SMARTS) is 3. The van der Waals surface area contributed by atoms with Crippen LogP contribution in [-0.2, 0) is 14.4 Å². The third-order valence-corrected chi connectivity index (χ3v) is 6.67. The molecular weight excluding hydrogens is 514 g/mol. The Morgan fingerprint density at radius 3 is 2.18 bits per heavy atom. The number of terminal acetylenes is 1. The number of carboxylic acids is 3. The zero-order valence-corrected chi connectivity index (χ0v) is 21.2. The number of hydrogen-bond donors (Lipinski definition) is 6. The van der Waals surface area contributed by atoms with Gasteiger partial charge in [0, 0.05) is 24.8 Å². The van der Waals surface area contributed by atoms with Gasteiger partial charge in [0.25, 0.3) is 0 Å². The van der Waals surface area contributed by atoms with Crippen LogP contribution in [0.25, 0.3) is 0 Å². The van der Waals surface area contributed by atoms with Crippen LogP contribution in [0.2, 0.25) is 0 Å². The number of nitrogens with one attached hydrogen (secondary N) is 1. The second-order valence-corrected chi connectivity index (χ2v) is 9.38. The quantitative estimate of drug-likeness (QED) is 0.219. The summed E-state index contributed by atoms with van der Waals surface area (Å²) in [6.45, 7) is 3.61. The van der Waals surface area contributed by atoms with E-state index in [1.807, 2.05) is 0 Å². The van der Waals surface area contributed by atoms with Crippen LogP contribution >= 0.6 is 0 Å². The van der Waals surface area contributed by atoms with Crippen molar-refractivity contribution in [1.29, 1.82) is 5.26 Å². The molecule has 1 aromatic heterocycles. The molecule has 0 aromatic carbocycles. The number of carbonyl (C=O) groups excluding carboxylic acids is 1. The fourth-order valence-electron chi connectivity index (χ4n) is 4.23. The van der Waals surface area contributed by atoms with Crippen LogP contribution in [0.1, 0.15) is 43.0 Å². The van der Waals surface area contributed by atoms with Gasteiger partial charge in [-0.3, -0.25) is 4.79 Å². The maximum Gasteiger partial charge on any atom is 0.335 e. The van der Waals surface area contributed by atoms with Crippen molar-refractivity contribution >= 4 is 29.6 Å². The fraction of sp³-hybridized carbons (Fsp3) is 0.520. The van der Waals surface area contributed by atoms with E-state index in [-0.39, 0.29) is 29.6 Å². The van der Waals surface area contributed by atoms with E-state index in [0.29, 0.717) is 31.7 Å². The summed E-state index contributed by atoms with van der Waals surface area (Å²) in [5.41, 5.74) is -0.0165. The van der Waals surface area contributed by atoms with Crippen LogP contribution in [0.15, 0.2) is 18.3 Å². The molecule has 0 bridgehead atoms. The van der Waals surface area contributed by atoms with Crippen LogP contribution in [0.4, 0.5) is 5.82 Å². The molecular formula is C25H31N5O9. The Hall–Kier alpha value is -4.24. The van der Waals surface area contributed by atoms with Gasteiger partial charge in [0.05, 0.1) is 24.2 Å². The van der Waals surface area contributed by atoms with Crippen LogP contribution in [0, 0.1) is 23.7 Å². The minimum absolute atomic E-state index is 0.139. The van der Waals surface area contributed by atoms with Gasteiger partial charge in [-0.05, 0) is 44.7 Å². The third-order valence-electron chi connectivity index (χ3n) is 6.67. The first-order valence-electron chi connectivity index (χ1n) is 12.0. The summed E-state index contributed by atoms with van der Waals surface area (Å²) in [5, 5.41) is 54.3. The van der Waals surface area contributed by atoms with E-state index in [9.17, 15) is 24.4 Å². The van der Waals surface area contributed by atoms with Gasteiger partial charge in [-0.25, -0.2) is 19.4 Å². The van der Waals surface area contributed by atoms with Crippen molar-refractivity contribution in [3.05, 3.63) is 23.9 Å². The van der Waals surface area contributed by atoms with Gasteiger partial charge in [0.15, 0.2) is 12.2 Å². The molecule has 2 fully saturated rings. The maximum atomic E-state index is 12.7. The highest BCUT2D eigenvalue weighted by molar-refractivity contribution is 5.88. The summed E-state index contributed by atoms with van der Waals surface area (Å²) in [4.78, 5) is 51.3. The van der Waals surface area contributed by atoms with Crippen LogP contribution in [0.5, 0.6) is 0 Å². The first-order chi connectivity index (χ1) is 18.3. The van der Waals surface area contributed by atoms with Gasteiger partial charge in [0.2, 0.25) is 5.91 Å². The third kappa shape index (κ3) is 8.12. The number of carbonyl (C=O) groups is 4. The molecule has 210 valence electrons. The van der Waals surface area contributed by atoms with Gasteiger partial charge in [-0.1, -0.05) is 5.92 Å². The predicted molar refractivity (Wildman–Crippen MR) is 134 cm³/mol. The molecule has 14 nitrogen and oxygen atoms in total. The Morgan fingerprint density at radius 2 is 1.69 bits per heavy atom. The molecule has 0 saturated carbocycles. The Kier molecular flexibility index (Phi) is 10.7. The fourth-order valence-corrected chi connectivity index (χ4v) is 4.23. The minimum atomic E-state index is -2.27. The molecule has 2 saturated heterocycles. The standard InChI is InChI=1S/C21H25N5O3.C4H6O6/c1-3-16-4-5-17(13-22)26(16)19(27)14-24-21(2)7-10-25(11-8-21)18-12-15(20(28)29)6-9-23-18;5-1(3(7)8)2(6)4(9)10/h1,6,9,12,16-17,24H,4-5,7-8,10-11,14H2,2H3,(H,28,29);1-2,5-6H,(H,7,8)(H,9,10)/t16-,17-;1-,2-/m00/s1. The summed E-state index contributed by atoms with van der Waals surface area (Å²) >= 11 is 0. The van der Waals surface area contributed by atoms with Crippen molar-refractivity contribution in [1.82, 2.24) is 15.2 Å². The normalized spacial score (nSPS) is 21.4. The highest BCUT2D eigenvalue weighted by atomic mass is 16.4. The number of aliphatic carboxylic acids is 2. The van der Waals surface area contributed by atoms with Crippen LogP contribution in [0.3, 0.4) is 0 Å². The molecule has 3 rings (SSSR count). The van der Waals surface area contributed by atoms with Crippen molar-refractivity contribution in [3.63, 3.8) is 0 Å². The van der Waals surface area contributed by atoms with Crippen LogP contribution in [-0.4, -0.2) is 109 Å². The minimum Gasteiger partial charge on any atom is -0.479 e. The lowest BCUT2D eigenvalue weighted by Gasteiger charge is -2.41. The number of likely N-dealkylation sites (tertiary alicyclic amines) is 1. The average molecular weight is 546 g/mol. The van der Waals surface area contributed by atoms with Gasteiger partial charge in [-0.2, -0.15) is 5.26 Å². The topological polar surface area (TPSA) is 225 Å². The summed E-state index contributed by atoms with van der Waals surface area (Å²) in [7, 11) is 0. The number of amides is 1. The number of aromatic nitrogens is 1. The largest absolute Gasteiger partial charge is 0.479 e. The molecule has 1 aromatic rings. The monoisotopic (exact) mass is 545 g/mol. The highest BCUT2D eigenvalue weighted by Gasteiger charge is 2.37. The predicted octanol–water partition coefficient (Wildman–Crippen LogP) is -0.878. The number of nitriles is 1. The number of pyridine rings is 1. The highest BCUT2D eigenvalue weighted by Crippen LogP contribution is 2.27. The maximum absolute atomic E-state index is 12.7. The first-order valence-corrected chi connectivity index (χ1v) is 12.0. The molecule has 0 aliphatic carbocycles. The summed E-state index contributed by atoms with van der Waals surface area (Å²) in [6.07, 6.45) is 5.33. The molecule has 0 spiro atoms. The Balaban J connectivity index is 0.000000455. The Labute approximate surface area is 224 Å². The number of aliphatic hydroxyl groups is 2. The van der Waals surface area contributed by atoms with Gasteiger partial charge < -0.3 is 40.6 Å². The van der Waals surface area contributed by atoms with Crippen molar-refractivity contribution in [2.24, 2.45) is 0 Å². The van der Waals surface area contributed by atoms with Crippen molar-refractivity contribution in [3.8, 4) is 18.4 Å². The van der Waals surface area contributed by atoms with E-state index in [1.165, 1.54) is 17.2 Å². The summed E-state index contributed by atoms with van der Waals surface area (Å²) in [5.74, 6) is -1.39. The number of aliphatic hydroxyl groups excluding tert-OH is 2. The smallest absolute Gasteiger partial charge is 0.335 e. The summed E-state index contributed by atoms with van der Waals surface area (Å²) < 4.78 is 0. The lowest BCUT2D eigenvalue weighted by Crippen LogP contribution is -2.55. The molecule has 0 radical (unpaired) electrons. The number of hydrogen-bond acceptors (Lipinski definition) is 10. The first kappa shape index (κ1) is 31.0. The van der Waals surface area contributed by atoms with E-state index in [1.54, 1.807) is 6.07 Å². The number of aromatic carboxylic acids is 1. The summed E-state index contributed by atoms with van der Waals surface area (Å²) in [6, 6.07) is 4.47.